The highest BCUT2D eigenvalue weighted by Gasteiger charge is 2.21. The van der Waals surface area contributed by atoms with E-state index in [1.165, 1.54) is 24.5 Å². The first-order valence-electron chi connectivity index (χ1n) is 8.33. The second-order valence-corrected chi connectivity index (χ2v) is 7.67. The number of carbonyl (C=O) groups excluding carboxylic acids is 2. The third kappa shape index (κ3) is 4.63. The number of pyridine rings is 2. The van der Waals surface area contributed by atoms with E-state index in [1.807, 2.05) is 0 Å². The molecule has 0 fully saturated rings. The Morgan fingerprint density at radius 2 is 1.87 bits per heavy atom. The summed E-state index contributed by atoms with van der Waals surface area (Å²) >= 11 is 0. The van der Waals surface area contributed by atoms with Crippen LogP contribution in [-0.4, -0.2) is 31.3 Å². The van der Waals surface area contributed by atoms with Crippen LogP contribution in [0.25, 0.3) is 11.1 Å². The molecule has 0 saturated carbocycles. The van der Waals surface area contributed by atoms with E-state index in [9.17, 15) is 22.0 Å². The van der Waals surface area contributed by atoms with E-state index in [0.717, 1.165) is 12.1 Å². The number of hydrogen-bond donors (Lipinski definition) is 2. The highest BCUT2D eigenvalue weighted by atomic mass is 32.2. The number of halogens is 2. The van der Waals surface area contributed by atoms with E-state index in [-0.39, 0.29) is 11.5 Å². The van der Waals surface area contributed by atoms with Crippen molar-refractivity contribution in [3.63, 3.8) is 0 Å². The summed E-state index contributed by atoms with van der Waals surface area (Å²) in [7, 11) is -4.33. The normalized spacial score (nSPS) is 11.0. The number of sulfonamides is 1. The number of hydrogen-bond acceptors (Lipinski definition) is 5. The van der Waals surface area contributed by atoms with Gasteiger partial charge in [0.15, 0.2) is 6.79 Å². The van der Waals surface area contributed by atoms with Crippen molar-refractivity contribution < 1.29 is 26.4 Å². The maximum Gasteiger partial charge on any atom is 0.696 e. The zero-order valence-corrected chi connectivity index (χ0v) is 16.3. The third-order valence-electron chi connectivity index (χ3n) is 3.97. The number of nitrogens with zero attached hydrogens (tertiary/aromatic N) is 2. The van der Waals surface area contributed by atoms with Crippen LogP contribution >= 0.6 is 0 Å². The Bertz CT molecular complexity index is 1250. The lowest BCUT2D eigenvalue weighted by Gasteiger charge is -2.12. The molecule has 0 bridgehead atoms. The van der Waals surface area contributed by atoms with Crippen LogP contribution in [-0.2, 0) is 14.4 Å². The van der Waals surface area contributed by atoms with Crippen molar-refractivity contribution in [3.05, 3.63) is 66.1 Å². The lowest BCUT2D eigenvalue weighted by molar-refractivity contribution is -0.325. The van der Waals surface area contributed by atoms with Gasteiger partial charge in [0.1, 0.15) is 22.3 Å². The van der Waals surface area contributed by atoms with E-state index in [4.69, 9.17) is 0 Å². The van der Waals surface area contributed by atoms with Gasteiger partial charge in [0.05, 0.1) is 16.2 Å². The molecule has 8 nitrogen and oxygen atoms in total. The molecule has 0 atom stereocenters. The molecule has 2 aromatic heterocycles. The molecule has 0 unspecified atom stereocenters. The van der Waals surface area contributed by atoms with Crippen molar-refractivity contribution in [3.8, 4) is 11.1 Å². The fraction of sp³-hybridized carbons (Fsp3) is 0.0526. The van der Waals surface area contributed by atoms with E-state index >= 15 is 0 Å². The largest absolute Gasteiger partial charge is 0.696 e. The first-order valence-corrected chi connectivity index (χ1v) is 9.82. The van der Waals surface area contributed by atoms with Crippen molar-refractivity contribution in [2.24, 2.45) is 0 Å². The van der Waals surface area contributed by atoms with E-state index in [2.05, 4.69) is 31.2 Å². The van der Waals surface area contributed by atoms with E-state index in [0.29, 0.717) is 22.9 Å². The van der Waals surface area contributed by atoms with Crippen molar-refractivity contribution in [2.45, 2.75) is 11.8 Å². The summed E-state index contributed by atoms with van der Waals surface area (Å²) in [6.07, 6.45) is 2.10. The Labute approximate surface area is 170 Å². The maximum atomic E-state index is 13.9. The fourth-order valence-corrected chi connectivity index (χ4v) is 3.68. The molecule has 0 aliphatic carbocycles. The van der Waals surface area contributed by atoms with Gasteiger partial charge in [-0.15, -0.1) is 0 Å². The summed E-state index contributed by atoms with van der Waals surface area (Å²) in [5.41, 5.74) is 1.48. The molecular weight excluding hydrogens is 418 g/mol. The number of aromatic nitrogens is 2. The molecule has 0 aliphatic rings. The van der Waals surface area contributed by atoms with Gasteiger partial charge in [-0.25, -0.2) is 27.5 Å². The van der Waals surface area contributed by atoms with Gasteiger partial charge in [-0.1, -0.05) is 0 Å². The molecule has 30 heavy (non-hydrogen) atoms. The third-order valence-corrected chi connectivity index (χ3v) is 5.37. The van der Waals surface area contributed by atoms with Gasteiger partial charge in [0, 0.05) is 24.0 Å². The Balaban J connectivity index is 1.95. The van der Waals surface area contributed by atoms with Gasteiger partial charge in [-0.3, -0.25) is 14.1 Å². The van der Waals surface area contributed by atoms with Gasteiger partial charge < -0.3 is 0 Å². The molecule has 1 aromatic carbocycles. The minimum Gasteiger partial charge on any atom is -0.278 e. The Morgan fingerprint density at radius 3 is 2.57 bits per heavy atom. The Kier molecular flexibility index (Phi) is 5.83. The summed E-state index contributed by atoms with van der Waals surface area (Å²) in [5, 5.41) is 2.36. The number of benzene rings is 1. The van der Waals surface area contributed by atoms with Crippen LogP contribution in [0.2, 0.25) is 0 Å². The molecule has 11 heteroatoms. The van der Waals surface area contributed by atoms with Crippen LogP contribution in [0.3, 0.4) is 0 Å². The predicted molar refractivity (Wildman–Crippen MR) is 106 cm³/mol. The molecule has 3 rings (SSSR count). The molecule has 2 N–H and O–H groups in total. The molecule has 0 spiro atoms. The van der Waals surface area contributed by atoms with E-state index in [1.54, 1.807) is 13.0 Å². The topological polar surface area (TPSA) is 112 Å². The summed E-state index contributed by atoms with van der Waals surface area (Å²) < 4.78 is 58.7. The molecule has 1 amide bonds. The minimum absolute atomic E-state index is 0.0970. The Hall–Kier alpha value is -3.73. The standard InChI is InChI=1S/C19H14F2N4O4S/c1-11-16(25-30(27,28)17-4-3-14(20)9-15(17)21)7-13(10-23-11)12-5-6-22-18(8-12)24-19(26)29-2/h3-10,25H,2H2,1H3/p+1. The number of anilines is 2. The molecule has 154 valence electrons. The maximum absolute atomic E-state index is 13.9. The first kappa shape index (κ1) is 21.0. The zero-order chi connectivity index (χ0) is 21.9. The molecular formula is C19H15F2N4O4S+. The summed E-state index contributed by atoms with van der Waals surface area (Å²) in [4.78, 5) is 18.7. The smallest absolute Gasteiger partial charge is 0.278 e. The van der Waals surface area contributed by atoms with Crippen LogP contribution in [0, 0.1) is 18.6 Å². The summed E-state index contributed by atoms with van der Waals surface area (Å²) in [6, 6.07) is 6.79. The highest BCUT2D eigenvalue weighted by molar-refractivity contribution is 7.92. The first-order chi connectivity index (χ1) is 14.2. The summed E-state index contributed by atoms with van der Waals surface area (Å²) in [6.45, 7) is 4.55. The van der Waals surface area contributed by atoms with Crippen LogP contribution in [0.1, 0.15) is 5.69 Å². The average Bonchev–Trinajstić information content (AvgIpc) is 2.69. The number of amides is 1. The van der Waals surface area contributed by atoms with Crippen LogP contribution < -0.4 is 10.0 Å². The summed E-state index contributed by atoms with van der Waals surface area (Å²) in [5.74, 6) is -1.93. The molecule has 3 aromatic rings. The molecule has 2 heterocycles. The fourth-order valence-electron chi connectivity index (χ4n) is 2.51. The van der Waals surface area contributed by atoms with Gasteiger partial charge in [-0.2, -0.15) is 0 Å². The Morgan fingerprint density at radius 1 is 1.10 bits per heavy atom. The zero-order valence-electron chi connectivity index (χ0n) is 15.5. The van der Waals surface area contributed by atoms with Crippen molar-refractivity contribution in [1.82, 2.24) is 9.97 Å². The highest BCUT2D eigenvalue weighted by Crippen LogP contribution is 2.27. The van der Waals surface area contributed by atoms with Crippen LogP contribution in [0.15, 0.2) is 53.7 Å². The number of rotatable bonds is 5. The monoisotopic (exact) mass is 433 g/mol. The SMILES string of the molecule is C=[O+]C(=O)Nc1cc(-c2cnc(C)c(NS(=O)(=O)c3ccc(F)cc3F)c2)ccn1. The predicted octanol–water partition coefficient (Wildman–Crippen LogP) is 3.43. The van der Waals surface area contributed by atoms with Gasteiger partial charge in [0.2, 0.25) is 0 Å². The van der Waals surface area contributed by atoms with Crippen LogP contribution in [0.4, 0.5) is 25.1 Å². The second-order valence-electron chi connectivity index (χ2n) is 6.02. The number of nitrogens with one attached hydrogen (secondary N) is 2. The van der Waals surface area contributed by atoms with Gasteiger partial charge in [-0.05, 0) is 42.8 Å². The van der Waals surface area contributed by atoms with Gasteiger partial charge >= 0.3 is 6.09 Å². The lowest BCUT2D eigenvalue weighted by atomic mass is 10.1. The number of carbonyl (C=O) groups is 1. The minimum atomic E-state index is -4.33. The second kappa shape index (κ2) is 8.33. The quantitative estimate of drug-likeness (QED) is 0.599. The molecule has 0 radical (unpaired) electrons. The number of aryl methyl sites for hydroxylation is 1. The van der Waals surface area contributed by atoms with Crippen LogP contribution in [0.5, 0.6) is 0 Å². The average molecular weight is 433 g/mol. The lowest BCUT2D eigenvalue weighted by Crippen LogP contribution is -2.16. The molecule has 0 aliphatic heterocycles. The van der Waals surface area contributed by atoms with Gasteiger partial charge in [0.25, 0.3) is 10.0 Å². The molecule has 0 saturated heterocycles. The van der Waals surface area contributed by atoms with Crippen molar-refractivity contribution >= 4 is 34.4 Å². The van der Waals surface area contributed by atoms with E-state index < -0.39 is 32.6 Å². The van der Waals surface area contributed by atoms with Crippen molar-refractivity contribution in [2.75, 3.05) is 10.0 Å². The van der Waals surface area contributed by atoms with Crippen molar-refractivity contribution in [1.29, 1.82) is 0 Å².